The van der Waals surface area contributed by atoms with Crippen LogP contribution in [-0.4, -0.2) is 12.6 Å². The highest BCUT2D eigenvalue weighted by atomic mass is 19.2. The van der Waals surface area contributed by atoms with E-state index in [9.17, 15) is 8.78 Å². The van der Waals surface area contributed by atoms with Gasteiger partial charge in [0.1, 0.15) is 0 Å². The molecule has 1 nitrogen and oxygen atoms in total. The molecule has 1 fully saturated rings. The Labute approximate surface area is 101 Å². The zero-order chi connectivity index (χ0) is 12.5. The smallest absolute Gasteiger partial charge is 0.159 e. The van der Waals surface area contributed by atoms with Gasteiger partial charge in [0, 0.05) is 6.04 Å². The highest BCUT2D eigenvalue weighted by molar-refractivity contribution is 5.25. The third kappa shape index (κ3) is 3.25. The Kier molecular flexibility index (Phi) is 3.48. The van der Waals surface area contributed by atoms with Crippen molar-refractivity contribution in [2.45, 2.75) is 44.6 Å². The van der Waals surface area contributed by atoms with Crippen LogP contribution in [0.3, 0.4) is 0 Å². The summed E-state index contributed by atoms with van der Waals surface area (Å²) in [4.78, 5) is 0. The maximum atomic E-state index is 13.2. The predicted molar refractivity (Wildman–Crippen MR) is 65.0 cm³/mol. The van der Waals surface area contributed by atoms with E-state index in [-0.39, 0.29) is 5.41 Å². The molecule has 0 unspecified atom stereocenters. The van der Waals surface area contributed by atoms with Crippen LogP contribution in [0, 0.1) is 11.6 Å². The molecular weight excluding hydrogens is 220 g/mol. The first kappa shape index (κ1) is 12.5. The lowest BCUT2D eigenvalue weighted by molar-refractivity contribution is 0.447. The van der Waals surface area contributed by atoms with Crippen LogP contribution in [0.25, 0.3) is 0 Å². The van der Waals surface area contributed by atoms with Crippen LogP contribution < -0.4 is 5.32 Å². The fourth-order valence-corrected chi connectivity index (χ4v) is 1.94. The van der Waals surface area contributed by atoms with Crippen molar-refractivity contribution >= 4 is 0 Å². The fraction of sp³-hybridized carbons (Fsp3) is 0.571. The van der Waals surface area contributed by atoms with E-state index in [1.54, 1.807) is 6.07 Å². The van der Waals surface area contributed by atoms with Crippen LogP contribution in [0.15, 0.2) is 18.2 Å². The summed E-state index contributed by atoms with van der Waals surface area (Å²) in [5, 5.41) is 3.44. The van der Waals surface area contributed by atoms with Crippen LogP contribution in [0.1, 0.15) is 38.7 Å². The Morgan fingerprint density at radius 2 is 1.94 bits per heavy atom. The van der Waals surface area contributed by atoms with Crippen molar-refractivity contribution in [3.8, 4) is 0 Å². The van der Waals surface area contributed by atoms with Crippen LogP contribution in [-0.2, 0) is 5.41 Å². The van der Waals surface area contributed by atoms with Crippen LogP contribution in [0.4, 0.5) is 8.78 Å². The topological polar surface area (TPSA) is 12.0 Å². The first-order chi connectivity index (χ1) is 7.99. The van der Waals surface area contributed by atoms with Gasteiger partial charge in [0.05, 0.1) is 0 Å². The molecule has 94 valence electrons. The number of benzene rings is 1. The number of hydrogen-bond acceptors (Lipinski definition) is 1. The van der Waals surface area contributed by atoms with Crippen LogP contribution in [0.5, 0.6) is 0 Å². The molecule has 1 aromatic carbocycles. The van der Waals surface area contributed by atoms with Crippen molar-refractivity contribution < 1.29 is 8.78 Å². The average molecular weight is 239 g/mol. The van der Waals surface area contributed by atoms with E-state index in [1.165, 1.54) is 25.0 Å². The molecule has 2 rings (SSSR count). The lowest BCUT2D eigenvalue weighted by Gasteiger charge is -2.25. The van der Waals surface area contributed by atoms with Gasteiger partial charge in [-0.2, -0.15) is 0 Å². The second-order valence-corrected chi connectivity index (χ2v) is 5.49. The third-order valence-corrected chi connectivity index (χ3v) is 3.46. The summed E-state index contributed by atoms with van der Waals surface area (Å²) >= 11 is 0. The second kappa shape index (κ2) is 4.73. The standard InChI is InChI=1S/C14H19F2N/c1-14(2,7-8-17-11-4-5-11)10-3-6-12(15)13(16)9-10/h3,6,9,11,17H,4-5,7-8H2,1-2H3. The molecule has 17 heavy (non-hydrogen) atoms. The normalized spacial score (nSPS) is 16.2. The molecule has 0 atom stereocenters. The van der Waals surface area contributed by atoms with Gasteiger partial charge in [-0.05, 0) is 48.9 Å². The van der Waals surface area contributed by atoms with Gasteiger partial charge in [-0.25, -0.2) is 8.78 Å². The molecule has 0 amide bonds. The Morgan fingerprint density at radius 1 is 1.24 bits per heavy atom. The van der Waals surface area contributed by atoms with E-state index in [0.29, 0.717) is 6.04 Å². The minimum Gasteiger partial charge on any atom is -0.314 e. The number of hydrogen-bond donors (Lipinski definition) is 1. The SMILES string of the molecule is CC(C)(CCNC1CC1)c1ccc(F)c(F)c1. The lowest BCUT2D eigenvalue weighted by atomic mass is 9.81. The first-order valence-corrected chi connectivity index (χ1v) is 6.18. The molecule has 3 heteroatoms. The van der Waals surface area contributed by atoms with Crippen LogP contribution >= 0.6 is 0 Å². The molecule has 0 bridgehead atoms. The molecule has 1 aliphatic carbocycles. The van der Waals surface area contributed by atoms with E-state index in [4.69, 9.17) is 0 Å². The van der Waals surface area contributed by atoms with Gasteiger partial charge < -0.3 is 5.32 Å². The Balaban J connectivity index is 1.98. The molecule has 1 saturated carbocycles. The molecule has 0 heterocycles. The molecule has 0 spiro atoms. The molecule has 0 aromatic heterocycles. The summed E-state index contributed by atoms with van der Waals surface area (Å²) in [6.07, 6.45) is 3.46. The summed E-state index contributed by atoms with van der Waals surface area (Å²) in [5.41, 5.74) is 0.727. The molecule has 1 aliphatic rings. The highest BCUT2D eigenvalue weighted by Crippen LogP contribution is 2.28. The van der Waals surface area contributed by atoms with Gasteiger partial charge in [0.15, 0.2) is 11.6 Å². The van der Waals surface area contributed by atoms with E-state index in [1.807, 2.05) is 0 Å². The monoisotopic (exact) mass is 239 g/mol. The molecule has 1 N–H and O–H groups in total. The molecule has 0 radical (unpaired) electrons. The maximum Gasteiger partial charge on any atom is 0.159 e. The van der Waals surface area contributed by atoms with E-state index in [0.717, 1.165) is 18.5 Å². The second-order valence-electron chi connectivity index (χ2n) is 5.49. The van der Waals surface area contributed by atoms with E-state index >= 15 is 0 Å². The zero-order valence-corrected chi connectivity index (χ0v) is 10.4. The van der Waals surface area contributed by atoms with E-state index in [2.05, 4.69) is 19.2 Å². The zero-order valence-electron chi connectivity index (χ0n) is 10.4. The molecule has 1 aromatic rings. The lowest BCUT2D eigenvalue weighted by Crippen LogP contribution is -2.26. The van der Waals surface area contributed by atoms with E-state index < -0.39 is 11.6 Å². The number of rotatable bonds is 5. The summed E-state index contributed by atoms with van der Waals surface area (Å²) in [6.45, 7) is 5.05. The van der Waals surface area contributed by atoms with Gasteiger partial charge in [-0.3, -0.25) is 0 Å². The van der Waals surface area contributed by atoms with Gasteiger partial charge in [0.2, 0.25) is 0 Å². The Bertz CT molecular complexity index is 397. The summed E-state index contributed by atoms with van der Waals surface area (Å²) in [6, 6.07) is 4.89. The van der Waals surface area contributed by atoms with Crippen molar-refractivity contribution in [2.75, 3.05) is 6.54 Å². The molecule has 0 saturated heterocycles. The van der Waals surface area contributed by atoms with Gasteiger partial charge in [0.25, 0.3) is 0 Å². The van der Waals surface area contributed by atoms with Crippen molar-refractivity contribution in [3.63, 3.8) is 0 Å². The summed E-state index contributed by atoms with van der Waals surface area (Å²) in [7, 11) is 0. The van der Waals surface area contributed by atoms with Gasteiger partial charge >= 0.3 is 0 Å². The number of halogens is 2. The predicted octanol–water partition coefficient (Wildman–Crippen LogP) is 3.38. The first-order valence-electron chi connectivity index (χ1n) is 6.18. The van der Waals surface area contributed by atoms with Gasteiger partial charge in [-0.15, -0.1) is 0 Å². The third-order valence-electron chi connectivity index (χ3n) is 3.46. The minimum atomic E-state index is -0.777. The maximum absolute atomic E-state index is 13.2. The fourth-order valence-electron chi connectivity index (χ4n) is 1.94. The van der Waals surface area contributed by atoms with Crippen molar-refractivity contribution in [1.82, 2.24) is 5.32 Å². The van der Waals surface area contributed by atoms with Crippen molar-refractivity contribution in [3.05, 3.63) is 35.4 Å². The molecule has 0 aliphatic heterocycles. The van der Waals surface area contributed by atoms with Crippen molar-refractivity contribution in [1.29, 1.82) is 0 Å². The highest BCUT2D eigenvalue weighted by Gasteiger charge is 2.24. The summed E-state index contributed by atoms with van der Waals surface area (Å²) in [5.74, 6) is -1.54. The largest absolute Gasteiger partial charge is 0.314 e. The average Bonchev–Trinajstić information content (AvgIpc) is 3.05. The minimum absolute atomic E-state index is 0.129. The Morgan fingerprint density at radius 3 is 2.53 bits per heavy atom. The Hall–Kier alpha value is -0.960. The number of nitrogens with one attached hydrogen (secondary N) is 1. The van der Waals surface area contributed by atoms with Gasteiger partial charge in [-0.1, -0.05) is 19.9 Å². The van der Waals surface area contributed by atoms with Crippen LogP contribution in [0.2, 0.25) is 0 Å². The van der Waals surface area contributed by atoms with Crippen molar-refractivity contribution in [2.24, 2.45) is 0 Å². The quantitative estimate of drug-likeness (QED) is 0.830. The summed E-state index contributed by atoms with van der Waals surface area (Å²) < 4.78 is 26.0. The molecular formula is C14H19F2N.